The minimum absolute atomic E-state index is 0. The normalized spacial score (nSPS) is 9.54. The third-order valence-corrected chi connectivity index (χ3v) is 1.14. The van der Waals surface area contributed by atoms with E-state index >= 15 is 0 Å². The zero-order chi connectivity index (χ0) is 9.66. The third kappa shape index (κ3) is 33.0. The molecule has 0 fully saturated rings. The fourth-order valence-electron chi connectivity index (χ4n) is 0.569. The number of rotatable bonds is 4. The van der Waals surface area contributed by atoms with Gasteiger partial charge in [0.25, 0.3) is 0 Å². The van der Waals surface area contributed by atoms with E-state index in [0.717, 1.165) is 25.7 Å². The van der Waals surface area contributed by atoms with E-state index in [1.165, 1.54) is 0 Å². The van der Waals surface area contributed by atoms with Crippen molar-refractivity contribution in [2.45, 2.75) is 39.5 Å². The SMILES string of the molecule is [CH2-]CC=CCC.[CH2-]CC=CCC.[Mg+2]. The Morgan fingerprint density at radius 3 is 1.15 bits per heavy atom. The quantitative estimate of drug-likeness (QED) is 0.358. The van der Waals surface area contributed by atoms with Gasteiger partial charge in [0.1, 0.15) is 0 Å². The molecule has 0 saturated heterocycles. The van der Waals surface area contributed by atoms with Crippen LogP contribution in [0.2, 0.25) is 0 Å². The van der Waals surface area contributed by atoms with Crippen molar-refractivity contribution < 1.29 is 0 Å². The van der Waals surface area contributed by atoms with Crippen molar-refractivity contribution in [3.05, 3.63) is 38.2 Å². The average molecular weight is 191 g/mol. The molecular formula is C12H22Mg. The van der Waals surface area contributed by atoms with Crippen LogP contribution < -0.4 is 0 Å². The molecule has 0 atom stereocenters. The summed E-state index contributed by atoms with van der Waals surface area (Å²) in [5.74, 6) is 0. The number of hydrogen-bond acceptors (Lipinski definition) is 0. The van der Waals surface area contributed by atoms with Crippen LogP contribution in [0.3, 0.4) is 0 Å². The predicted molar refractivity (Wildman–Crippen MR) is 64.6 cm³/mol. The maximum absolute atomic E-state index is 3.64. The first-order valence-electron chi connectivity index (χ1n) is 4.71. The van der Waals surface area contributed by atoms with Crippen LogP contribution in [0.1, 0.15) is 39.5 Å². The van der Waals surface area contributed by atoms with Gasteiger partial charge in [0.05, 0.1) is 0 Å². The van der Waals surface area contributed by atoms with E-state index in [9.17, 15) is 0 Å². The van der Waals surface area contributed by atoms with Crippen LogP contribution in [0.4, 0.5) is 0 Å². The Bertz CT molecular complexity index is 77.7. The molecule has 0 heterocycles. The molecule has 0 saturated carbocycles. The van der Waals surface area contributed by atoms with E-state index in [1.54, 1.807) is 0 Å². The van der Waals surface area contributed by atoms with Crippen LogP contribution in [0, 0.1) is 13.8 Å². The Morgan fingerprint density at radius 1 is 0.769 bits per heavy atom. The maximum atomic E-state index is 3.64. The predicted octanol–water partition coefficient (Wildman–Crippen LogP) is 3.97. The van der Waals surface area contributed by atoms with Crippen LogP contribution in [0.15, 0.2) is 24.3 Å². The molecule has 0 aromatic rings. The first kappa shape index (κ1) is 18.9. The molecule has 0 spiro atoms. The van der Waals surface area contributed by atoms with Crippen LogP contribution in [0.25, 0.3) is 0 Å². The standard InChI is InChI=1S/2C6H11.Mg/c2*1-3-5-6-4-2;/h2*5-6H,1,3-4H2,2H3;/q2*-1;+2. The fourth-order valence-corrected chi connectivity index (χ4v) is 0.569. The summed E-state index contributed by atoms with van der Waals surface area (Å²) in [6, 6.07) is 0. The van der Waals surface area contributed by atoms with Gasteiger partial charge in [-0.2, -0.15) is 12.8 Å². The molecule has 0 aliphatic carbocycles. The topological polar surface area (TPSA) is 0 Å². The fraction of sp³-hybridized carbons (Fsp3) is 0.500. The van der Waals surface area contributed by atoms with Gasteiger partial charge in [-0.15, -0.1) is 12.2 Å². The Labute approximate surface area is 101 Å². The summed E-state index contributed by atoms with van der Waals surface area (Å²) in [4.78, 5) is 0. The van der Waals surface area contributed by atoms with Crippen molar-refractivity contribution in [2.75, 3.05) is 0 Å². The minimum atomic E-state index is 0. The Kier molecular flexibility index (Phi) is 33.2. The molecule has 0 aliphatic heterocycles. The Morgan fingerprint density at radius 2 is 1.08 bits per heavy atom. The second-order valence-corrected chi connectivity index (χ2v) is 2.34. The first-order valence-corrected chi connectivity index (χ1v) is 4.71. The smallest absolute Gasteiger partial charge is 0.340 e. The van der Waals surface area contributed by atoms with Gasteiger partial charge < -0.3 is 13.8 Å². The molecule has 0 rings (SSSR count). The molecule has 0 aromatic heterocycles. The number of hydrogen-bond donors (Lipinski definition) is 0. The maximum Gasteiger partial charge on any atom is 2.00 e. The average Bonchev–Trinajstić information content (AvgIpc) is 2.12. The molecule has 0 bridgehead atoms. The molecular weight excluding hydrogens is 168 g/mol. The molecule has 0 aliphatic rings. The van der Waals surface area contributed by atoms with Gasteiger partial charge in [0.15, 0.2) is 0 Å². The Balaban J connectivity index is -0.000000143. The molecule has 1 heteroatoms. The molecule has 0 aromatic carbocycles. The van der Waals surface area contributed by atoms with Crippen molar-refractivity contribution in [3.8, 4) is 0 Å². The van der Waals surface area contributed by atoms with Crippen molar-refractivity contribution >= 4 is 23.1 Å². The van der Waals surface area contributed by atoms with Gasteiger partial charge in [0.2, 0.25) is 0 Å². The van der Waals surface area contributed by atoms with Gasteiger partial charge in [-0.3, -0.25) is 0 Å². The second kappa shape index (κ2) is 22.8. The van der Waals surface area contributed by atoms with E-state index in [1.807, 2.05) is 0 Å². The summed E-state index contributed by atoms with van der Waals surface area (Å²) in [6.07, 6.45) is 12.5. The van der Waals surface area contributed by atoms with Crippen molar-refractivity contribution in [2.24, 2.45) is 0 Å². The molecule has 0 N–H and O–H groups in total. The summed E-state index contributed by atoms with van der Waals surface area (Å²) in [5, 5.41) is 0. The summed E-state index contributed by atoms with van der Waals surface area (Å²) < 4.78 is 0. The number of allylic oxidation sites excluding steroid dienone is 4. The van der Waals surface area contributed by atoms with E-state index in [2.05, 4.69) is 52.0 Å². The molecule has 13 heavy (non-hydrogen) atoms. The van der Waals surface area contributed by atoms with Gasteiger partial charge in [-0.1, -0.05) is 26.0 Å². The first-order chi connectivity index (χ1) is 5.83. The van der Waals surface area contributed by atoms with Gasteiger partial charge in [-0.05, 0) is 12.8 Å². The zero-order valence-electron chi connectivity index (χ0n) is 9.26. The van der Waals surface area contributed by atoms with E-state index in [4.69, 9.17) is 0 Å². The van der Waals surface area contributed by atoms with Gasteiger partial charge >= 0.3 is 23.1 Å². The third-order valence-electron chi connectivity index (χ3n) is 1.14. The summed E-state index contributed by atoms with van der Waals surface area (Å²) in [5.41, 5.74) is 0. The molecule has 0 unspecified atom stereocenters. The van der Waals surface area contributed by atoms with Gasteiger partial charge in [0, 0.05) is 0 Å². The molecule has 0 nitrogen and oxygen atoms in total. The molecule has 0 amide bonds. The van der Waals surface area contributed by atoms with E-state index in [-0.39, 0.29) is 23.1 Å². The summed E-state index contributed by atoms with van der Waals surface area (Å²) >= 11 is 0. The van der Waals surface area contributed by atoms with Crippen molar-refractivity contribution in [1.82, 2.24) is 0 Å². The zero-order valence-corrected chi connectivity index (χ0v) is 10.7. The van der Waals surface area contributed by atoms with Crippen molar-refractivity contribution in [3.63, 3.8) is 0 Å². The van der Waals surface area contributed by atoms with E-state index < -0.39 is 0 Å². The minimum Gasteiger partial charge on any atom is -0.340 e. The van der Waals surface area contributed by atoms with Crippen LogP contribution >= 0.6 is 0 Å². The summed E-state index contributed by atoms with van der Waals surface area (Å²) in [7, 11) is 0. The monoisotopic (exact) mass is 190 g/mol. The van der Waals surface area contributed by atoms with E-state index in [0.29, 0.717) is 0 Å². The molecule has 0 radical (unpaired) electrons. The van der Waals surface area contributed by atoms with Crippen molar-refractivity contribution in [1.29, 1.82) is 0 Å². The summed E-state index contributed by atoms with van der Waals surface area (Å²) in [6.45, 7) is 11.5. The van der Waals surface area contributed by atoms with Crippen LogP contribution in [-0.4, -0.2) is 23.1 Å². The van der Waals surface area contributed by atoms with Crippen LogP contribution in [-0.2, 0) is 0 Å². The van der Waals surface area contributed by atoms with Gasteiger partial charge in [-0.25, -0.2) is 0 Å². The second-order valence-electron chi connectivity index (χ2n) is 2.34. The van der Waals surface area contributed by atoms with Crippen LogP contribution in [0.5, 0.6) is 0 Å². The Hall–Kier alpha value is 0.246. The largest absolute Gasteiger partial charge is 2.00 e. The molecule has 72 valence electrons.